The summed E-state index contributed by atoms with van der Waals surface area (Å²) in [5.74, 6) is -0.221. The highest BCUT2D eigenvalue weighted by molar-refractivity contribution is 7.15. The van der Waals surface area contributed by atoms with Crippen molar-refractivity contribution in [3.63, 3.8) is 0 Å². The number of aryl methyl sites for hydroxylation is 1. The van der Waals surface area contributed by atoms with Crippen LogP contribution in [-0.4, -0.2) is 21.1 Å². The second-order valence-corrected chi connectivity index (χ2v) is 8.27. The normalized spacial score (nSPS) is 10.9. The molecule has 0 radical (unpaired) electrons. The van der Waals surface area contributed by atoms with E-state index in [-0.39, 0.29) is 5.91 Å². The molecule has 4 aromatic rings. The molecule has 136 valence electrons. The maximum Gasteiger partial charge on any atom is 0.272 e. The van der Waals surface area contributed by atoms with Gasteiger partial charge in [-0.05, 0) is 30.5 Å². The summed E-state index contributed by atoms with van der Waals surface area (Å²) in [6.07, 6.45) is 0. The van der Waals surface area contributed by atoms with Crippen molar-refractivity contribution >= 4 is 40.2 Å². The molecular weight excluding hydrogens is 400 g/mol. The van der Waals surface area contributed by atoms with Crippen LogP contribution in [0, 0.1) is 6.92 Å². The molecule has 3 aromatic heterocycles. The molecule has 3 heterocycles. The van der Waals surface area contributed by atoms with Crippen LogP contribution in [0.2, 0.25) is 5.02 Å². The van der Waals surface area contributed by atoms with Gasteiger partial charge in [0.1, 0.15) is 5.01 Å². The molecule has 27 heavy (non-hydrogen) atoms. The lowest BCUT2D eigenvalue weighted by atomic mass is 10.2. The van der Waals surface area contributed by atoms with E-state index < -0.39 is 0 Å². The number of carbonyl (C=O) groups excluding carboxylic acids is 1. The molecule has 0 saturated heterocycles. The predicted molar refractivity (Wildman–Crippen MR) is 110 cm³/mol. The third-order valence-corrected chi connectivity index (χ3v) is 6.43. The first-order valence-corrected chi connectivity index (χ1v) is 10.3. The van der Waals surface area contributed by atoms with Crippen molar-refractivity contribution in [3.8, 4) is 21.1 Å². The molecule has 2 N–H and O–H groups in total. The van der Waals surface area contributed by atoms with Gasteiger partial charge in [0.25, 0.3) is 5.91 Å². The maximum absolute atomic E-state index is 12.4. The predicted octanol–water partition coefficient (Wildman–Crippen LogP) is 5.15. The highest BCUT2D eigenvalue weighted by Gasteiger charge is 2.15. The third kappa shape index (κ3) is 3.80. The van der Waals surface area contributed by atoms with Crippen molar-refractivity contribution in [1.29, 1.82) is 0 Å². The Morgan fingerprint density at radius 2 is 2.11 bits per heavy atom. The van der Waals surface area contributed by atoms with Crippen LogP contribution < -0.4 is 5.32 Å². The average molecular weight is 415 g/mol. The van der Waals surface area contributed by atoms with Gasteiger partial charge in [-0.25, -0.2) is 4.98 Å². The number of benzene rings is 1. The molecule has 0 spiro atoms. The zero-order valence-corrected chi connectivity index (χ0v) is 16.7. The monoisotopic (exact) mass is 414 g/mol. The number of carbonyl (C=O) groups is 1. The van der Waals surface area contributed by atoms with Crippen LogP contribution in [-0.2, 0) is 6.54 Å². The zero-order chi connectivity index (χ0) is 18.8. The lowest BCUT2D eigenvalue weighted by molar-refractivity contribution is 0.0946. The van der Waals surface area contributed by atoms with Crippen molar-refractivity contribution in [2.75, 3.05) is 0 Å². The lowest BCUT2D eigenvalue weighted by Gasteiger charge is -2.01. The van der Waals surface area contributed by atoms with Gasteiger partial charge in [-0.3, -0.25) is 9.89 Å². The Morgan fingerprint density at radius 3 is 2.89 bits per heavy atom. The number of hydrogen-bond acceptors (Lipinski definition) is 5. The van der Waals surface area contributed by atoms with Crippen LogP contribution >= 0.6 is 34.3 Å². The fourth-order valence-corrected chi connectivity index (χ4v) is 4.60. The van der Waals surface area contributed by atoms with E-state index in [0.29, 0.717) is 17.3 Å². The Labute approximate surface area is 169 Å². The van der Waals surface area contributed by atoms with Gasteiger partial charge in [0.2, 0.25) is 0 Å². The maximum atomic E-state index is 12.4. The van der Waals surface area contributed by atoms with Crippen LogP contribution in [0.1, 0.15) is 21.1 Å². The molecule has 0 unspecified atom stereocenters. The molecule has 0 aliphatic carbocycles. The molecule has 0 bridgehead atoms. The summed E-state index contributed by atoms with van der Waals surface area (Å²) in [5.41, 5.74) is 2.99. The molecule has 0 aliphatic heterocycles. The van der Waals surface area contributed by atoms with Gasteiger partial charge in [-0.15, -0.1) is 22.7 Å². The number of aromatic nitrogens is 3. The van der Waals surface area contributed by atoms with E-state index in [4.69, 9.17) is 11.6 Å². The molecule has 0 atom stereocenters. The number of halogens is 1. The van der Waals surface area contributed by atoms with Crippen LogP contribution in [0.5, 0.6) is 0 Å². The van der Waals surface area contributed by atoms with Crippen molar-refractivity contribution in [1.82, 2.24) is 20.5 Å². The second-order valence-electron chi connectivity index (χ2n) is 5.83. The minimum atomic E-state index is -0.221. The van der Waals surface area contributed by atoms with Gasteiger partial charge in [0.15, 0.2) is 5.69 Å². The molecule has 1 aromatic carbocycles. The van der Waals surface area contributed by atoms with E-state index in [1.165, 1.54) is 11.3 Å². The minimum absolute atomic E-state index is 0.221. The molecule has 8 heteroatoms. The quantitative estimate of drug-likeness (QED) is 0.474. The molecule has 5 nitrogen and oxygen atoms in total. The first-order valence-electron chi connectivity index (χ1n) is 8.20. The number of amides is 1. The molecular formula is C19H15ClN4OS2. The van der Waals surface area contributed by atoms with Gasteiger partial charge in [-0.2, -0.15) is 5.10 Å². The van der Waals surface area contributed by atoms with Gasteiger partial charge in [0.05, 0.1) is 27.8 Å². The Bertz CT molecular complexity index is 1090. The SMILES string of the molecule is Cc1nc(-c2ccccc2Cl)sc1CNC(=O)c1cc(-c2cccs2)[nH]n1. The first-order chi connectivity index (χ1) is 13.1. The van der Waals surface area contributed by atoms with E-state index in [1.807, 2.05) is 48.7 Å². The Hall–Kier alpha value is -2.48. The summed E-state index contributed by atoms with van der Waals surface area (Å²) in [5, 5.41) is 13.4. The number of H-pyrrole nitrogens is 1. The first kappa shape index (κ1) is 17.9. The number of nitrogens with zero attached hydrogens (tertiary/aromatic N) is 2. The summed E-state index contributed by atoms with van der Waals surface area (Å²) >= 11 is 9.38. The molecule has 0 saturated carbocycles. The zero-order valence-electron chi connectivity index (χ0n) is 14.3. The van der Waals surface area contributed by atoms with Crippen molar-refractivity contribution in [3.05, 3.63) is 69.1 Å². The van der Waals surface area contributed by atoms with Crippen LogP contribution in [0.4, 0.5) is 0 Å². The molecule has 0 fully saturated rings. The molecule has 4 rings (SSSR count). The van der Waals surface area contributed by atoms with E-state index >= 15 is 0 Å². The van der Waals surface area contributed by atoms with Crippen LogP contribution in [0.15, 0.2) is 47.8 Å². The van der Waals surface area contributed by atoms with Gasteiger partial charge in [-0.1, -0.05) is 35.9 Å². The Balaban J connectivity index is 1.46. The lowest BCUT2D eigenvalue weighted by Crippen LogP contribution is -2.23. The number of thiazole rings is 1. The largest absolute Gasteiger partial charge is 0.346 e. The summed E-state index contributed by atoms with van der Waals surface area (Å²) < 4.78 is 0. The molecule has 1 amide bonds. The second kappa shape index (κ2) is 7.64. The average Bonchev–Trinajstić information content (AvgIpc) is 3.40. The van der Waals surface area contributed by atoms with E-state index in [0.717, 1.165) is 31.7 Å². The Kier molecular flexibility index (Phi) is 5.07. The van der Waals surface area contributed by atoms with Crippen molar-refractivity contribution < 1.29 is 4.79 Å². The third-order valence-electron chi connectivity index (χ3n) is 4.00. The molecule has 0 aliphatic rings. The summed E-state index contributed by atoms with van der Waals surface area (Å²) in [6, 6.07) is 13.3. The summed E-state index contributed by atoms with van der Waals surface area (Å²) in [4.78, 5) is 19.0. The minimum Gasteiger partial charge on any atom is -0.346 e. The van der Waals surface area contributed by atoms with Crippen molar-refractivity contribution in [2.24, 2.45) is 0 Å². The highest BCUT2D eigenvalue weighted by Crippen LogP contribution is 2.32. The number of nitrogens with one attached hydrogen (secondary N) is 2. The smallest absolute Gasteiger partial charge is 0.272 e. The number of rotatable bonds is 5. The number of hydrogen-bond donors (Lipinski definition) is 2. The van der Waals surface area contributed by atoms with Crippen molar-refractivity contribution in [2.45, 2.75) is 13.5 Å². The number of aromatic amines is 1. The van der Waals surface area contributed by atoms with E-state index in [9.17, 15) is 4.79 Å². The standard InChI is InChI=1S/C19H15ClN4OS2/c1-11-17(27-19(22-11)12-5-2-3-6-13(12)20)10-21-18(25)15-9-14(23-24-15)16-7-4-8-26-16/h2-9H,10H2,1H3,(H,21,25)(H,23,24). The van der Waals surface area contributed by atoms with Crippen LogP contribution in [0.25, 0.3) is 21.1 Å². The summed E-state index contributed by atoms with van der Waals surface area (Å²) in [6.45, 7) is 2.33. The summed E-state index contributed by atoms with van der Waals surface area (Å²) in [7, 11) is 0. The van der Waals surface area contributed by atoms with Gasteiger partial charge in [0, 0.05) is 10.4 Å². The van der Waals surface area contributed by atoms with Gasteiger partial charge < -0.3 is 5.32 Å². The highest BCUT2D eigenvalue weighted by atomic mass is 35.5. The fraction of sp³-hybridized carbons (Fsp3) is 0.105. The fourth-order valence-electron chi connectivity index (χ4n) is 2.59. The van der Waals surface area contributed by atoms with Gasteiger partial charge >= 0.3 is 0 Å². The van der Waals surface area contributed by atoms with E-state index in [2.05, 4.69) is 20.5 Å². The van der Waals surface area contributed by atoms with E-state index in [1.54, 1.807) is 17.4 Å². The Morgan fingerprint density at radius 1 is 1.26 bits per heavy atom. The van der Waals surface area contributed by atoms with Crippen LogP contribution in [0.3, 0.4) is 0 Å². The number of thiophene rings is 1. The topological polar surface area (TPSA) is 70.7 Å².